The van der Waals surface area contributed by atoms with Gasteiger partial charge in [-0.2, -0.15) is 22.8 Å². The zero-order chi connectivity index (χ0) is 87.8. The van der Waals surface area contributed by atoms with Crippen molar-refractivity contribution >= 4 is 137 Å². The van der Waals surface area contributed by atoms with E-state index < -0.39 is 65.5 Å². The van der Waals surface area contributed by atoms with Crippen molar-refractivity contribution in [3.05, 3.63) is 338 Å². The van der Waals surface area contributed by atoms with E-state index in [1.54, 1.807) is 39.1 Å². The zero-order valence-corrected chi connectivity index (χ0v) is 86.0. The van der Waals surface area contributed by atoms with Gasteiger partial charge in [-0.05, 0) is 146 Å². The van der Waals surface area contributed by atoms with E-state index in [1.165, 1.54) is 16.7 Å². The molecule has 0 atom stereocenters. The minimum absolute atomic E-state index is 0.0309. The fraction of sp³-hybridized carbons (Fsp3) is 0.265. The summed E-state index contributed by atoms with van der Waals surface area (Å²) in [5.41, 5.74) is 20.0. The smallest absolute Gasteiger partial charge is 0.141 e. The van der Waals surface area contributed by atoms with E-state index in [2.05, 4.69) is 212 Å². The Bertz CT molecular complexity index is 5310. The molecule has 118 heavy (non-hydrogen) atoms. The third-order valence-electron chi connectivity index (χ3n) is 16.4. The van der Waals surface area contributed by atoms with Gasteiger partial charge in [0.15, 0.2) is 0 Å². The Morgan fingerprint density at radius 3 is 1.10 bits per heavy atom. The number of benzene rings is 10. The van der Waals surface area contributed by atoms with Crippen molar-refractivity contribution in [2.24, 2.45) is 21.3 Å². The molecule has 13 aromatic rings. The van der Waals surface area contributed by atoms with Crippen molar-refractivity contribution in [1.82, 2.24) is 15.0 Å². The second kappa shape index (κ2) is 49.4. The average molecular weight is 2280 g/mol. The van der Waals surface area contributed by atoms with Crippen molar-refractivity contribution in [1.29, 1.82) is 0 Å². The maximum atomic E-state index is 10.9. The molecule has 0 amide bonds. The molecule has 3 aromatic heterocycles. The van der Waals surface area contributed by atoms with Gasteiger partial charge in [0.05, 0.1) is 10.1 Å². The molecule has 0 spiro atoms. The molecule has 0 radical (unpaired) electrons. The van der Waals surface area contributed by atoms with Gasteiger partial charge in [0.25, 0.3) is 0 Å². The van der Waals surface area contributed by atoms with Crippen LogP contribution in [0.5, 0.6) is 11.5 Å². The van der Waals surface area contributed by atoms with E-state index in [0.29, 0.717) is 41.4 Å². The first-order valence-electron chi connectivity index (χ1n) is 38.0. The predicted octanol–water partition coefficient (Wildman–Crippen LogP) is 30.0. The molecule has 624 valence electrons. The number of halogens is 7. The second-order valence-electron chi connectivity index (χ2n) is 31.6. The van der Waals surface area contributed by atoms with Crippen LogP contribution in [0, 0.1) is 80.1 Å². The van der Waals surface area contributed by atoms with Gasteiger partial charge in [-0.25, -0.2) is 0 Å². The Morgan fingerprint density at radius 1 is 0.407 bits per heavy atom. The van der Waals surface area contributed by atoms with Crippen LogP contribution in [-0.4, -0.2) is 44.2 Å². The number of pyridine rings is 1. The fourth-order valence-corrected chi connectivity index (χ4v) is 21.7. The van der Waals surface area contributed by atoms with Gasteiger partial charge < -0.3 is 30.4 Å². The molecular weight excluding hydrogens is 2170 g/mol. The molecule has 0 saturated carbocycles. The third kappa shape index (κ3) is 36.1. The maximum absolute atomic E-state index is 10.9. The van der Waals surface area contributed by atoms with Crippen molar-refractivity contribution in [2.75, 3.05) is 0 Å². The second-order valence-corrected chi connectivity index (χ2v) is 41.7. The molecule has 3 heterocycles. The van der Waals surface area contributed by atoms with Crippen LogP contribution in [0.1, 0.15) is 155 Å². The number of phenols is 2. The number of hydrogen-bond donors (Lipinski definition) is 4. The summed E-state index contributed by atoms with van der Waals surface area (Å²) >= 11 is 37.0. The molecule has 0 fully saturated rings. The summed E-state index contributed by atoms with van der Waals surface area (Å²) in [6, 6.07) is 72.7. The van der Waals surface area contributed by atoms with E-state index >= 15 is 0 Å². The van der Waals surface area contributed by atoms with Gasteiger partial charge in [0, 0.05) is 17.0 Å². The molecule has 20 heteroatoms. The van der Waals surface area contributed by atoms with E-state index in [-0.39, 0.29) is 22.0 Å². The van der Waals surface area contributed by atoms with Gasteiger partial charge in [-0.15, -0.1) is 0 Å². The van der Waals surface area contributed by atoms with Crippen molar-refractivity contribution < 1.29 is 74.2 Å². The fourth-order valence-electron chi connectivity index (χ4n) is 11.2. The first kappa shape index (κ1) is 102. The molecule has 13 rings (SSSR count). The normalized spacial score (nSPS) is 10.8. The number of aliphatic hydroxyl groups is 2. The largest absolute Gasteiger partial charge is 0.665 e. The third-order valence-corrected chi connectivity index (χ3v) is 30.4. The number of fused-ring (bicyclic) bond motifs is 2. The molecule has 0 aliphatic rings. The van der Waals surface area contributed by atoms with E-state index in [9.17, 15) is 15.3 Å². The van der Waals surface area contributed by atoms with Gasteiger partial charge in [-0.1, -0.05) is 160 Å². The molecule has 0 bridgehead atoms. The monoisotopic (exact) mass is 2270 g/mol. The Kier molecular flexibility index (Phi) is 42.6. The quantitative estimate of drug-likeness (QED) is 0.118. The van der Waals surface area contributed by atoms with Gasteiger partial charge in [-0.3, -0.25) is 4.98 Å². The number of phenolic OH excluding ortho intramolecular Hbond substituents is 2. The first-order chi connectivity index (χ1) is 55.3. The average Bonchev–Trinajstić information content (AvgIpc) is 0.856. The summed E-state index contributed by atoms with van der Waals surface area (Å²) in [6.07, 6.45) is 1.12. The number of aromatic nitrogens is 3. The summed E-state index contributed by atoms with van der Waals surface area (Å²) in [5, 5.41) is 45.7. The first-order valence-corrected chi connectivity index (χ1v) is 50.1. The Hall–Kier alpha value is -6.76. The Balaban J connectivity index is 0.000000243. The molecule has 0 aliphatic carbocycles. The number of aromatic hydroxyl groups is 2. The standard InChI is InChI=1S/C19H24O.C16H11BrO.C10H12.C9H7NO.3C6H3Cl2N.2C6H8N.2C5H10.C4H10O.3W/c1-11-7-13(3)17(14(4)8-11)19(20)18-15(5)9-12(2)10-16(18)6;17-14-10-9-12-7-4-8-13(15(12)16(14)18)11-5-2-1-3-6-11;1-10(2,3)9-7-5-4-6-8-9;11-8-5-1-3-7-4-2-6-10-9(7)8;3*7-4-2-1-3-5(8)6(4)9;2*1-5-3-4-6(2)7-5;2*1-5(2,3)4;1-4(2,3)5;;;/h7-10,19-20H,1-6H3;1-10,18H;1,4-8H,2-3H3;1-6,11H;3*1-3H;2*3-4H,1-2H3;2*1H,2-4H3;5H,1-3H3;;;/q;;;;;;;2*-1;;;;;;. The van der Waals surface area contributed by atoms with Crippen molar-refractivity contribution in [3.63, 3.8) is 0 Å². The number of hydrogen-bond acceptors (Lipinski definition) is 8. The predicted molar refractivity (Wildman–Crippen MR) is 500 cm³/mol. The van der Waals surface area contributed by atoms with Gasteiger partial charge in [0.1, 0.15) is 23.1 Å². The van der Waals surface area contributed by atoms with Crippen LogP contribution in [0.4, 0.5) is 17.1 Å². The SMILES string of the molecule is CC(C)(C)O.CC(C)(C)[CH]=[W]=[N]c1c(Cl)cccc1Cl.CC(C)(C)[CH]=[W]=[N]c1c(Cl)cccc1Cl.CC(C)([CH]=[W]=[N]c1c(Cl)cccc1Cl)c1ccccc1.Cc1cc(C)c(C(O)c2c(C)cc(C)cc2C)c(C)c1.Cc1ccc(C)[n-]1.Cc1ccc(C)[n-]1.Oc1c(Br)ccc2cccc(-c3ccccc3)c12.Oc1cccc2cccnc12. The van der Waals surface area contributed by atoms with Crippen LogP contribution >= 0.6 is 85.5 Å². The Labute approximate surface area is 763 Å². The molecule has 0 unspecified atom stereocenters. The van der Waals surface area contributed by atoms with Crippen LogP contribution in [0.25, 0.3) is 32.8 Å². The van der Waals surface area contributed by atoms with Crippen LogP contribution in [0.3, 0.4) is 0 Å². The van der Waals surface area contributed by atoms with Crippen LogP contribution in [0.15, 0.2) is 246 Å². The van der Waals surface area contributed by atoms with E-state index in [0.717, 1.165) is 105 Å². The summed E-state index contributed by atoms with van der Waals surface area (Å²) < 4.78 is 21.4. The van der Waals surface area contributed by atoms with Crippen molar-refractivity contribution in [3.8, 4) is 22.6 Å². The minimum atomic E-state index is -1.01. The molecule has 10 aromatic carbocycles. The number of nitrogens with zero attached hydrogens (tertiary/aromatic N) is 6. The van der Waals surface area contributed by atoms with Crippen LogP contribution in [-0.2, 0) is 59.2 Å². The van der Waals surface area contributed by atoms with Gasteiger partial charge >= 0.3 is 356 Å². The molecule has 10 nitrogen and oxygen atoms in total. The number of aryl methyl sites for hydroxylation is 10. The summed E-state index contributed by atoms with van der Waals surface area (Å²) in [4.78, 5) is 12.3. The molecule has 0 saturated heterocycles. The molecular formula is C98H109BrCl6N6O4W3-2. The number of aliphatic hydroxyl groups excluding tert-OH is 1. The zero-order valence-electron chi connectivity index (χ0n) is 71.1. The van der Waals surface area contributed by atoms with Crippen LogP contribution < -0.4 is 9.97 Å². The van der Waals surface area contributed by atoms with Crippen LogP contribution in [0.2, 0.25) is 30.1 Å². The minimum Gasteiger partial charge on any atom is -0.665 e. The number of rotatable bonds is 8. The summed E-state index contributed by atoms with van der Waals surface area (Å²) in [6.45, 7) is 43.2. The summed E-state index contributed by atoms with van der Waals surface area (Å²) in [7, 11) is 0. The van der Waals surface area contributed by atoms with Gasteiger partial charge in [0.2, 0.25) is 0 Å². The number of para-hydroxylation sites is 1. The maximum Gasteiger partial charge on any atom is 0.141 e. The van der Waals surface area contributed by atoms with E-state index in [1.807, 2.05) is 179 Å². The molecule has 4 N–H and O–H groups in total. The summed E-state index contributed by atoms with van der Waals surface area (Å²) in [5.74, 6) is 0.537. The Morgan fingerprint density at radius 2 is 0.746 bits per heavy atom. The molecule has 0 aliphatic heterocycles. The van der Waals surface area contributed by atoms with E-state index in [4.69, 9.17) is 74.7 Å². The van der Waals surface area contributed by atoms with Crippen molar-refractivity contribution in [2.45, 2.75) is 163 Å². The topological polar surface area (TPSA) is 159 Å².